The van der Waals surface area contributed by atoms with Crippen molar-refractivity contribution in [3.05, 3.63) is 36.8 Å². The predicted molar refractivity (Wildman–Crippen MR) is 75.8 cm³/mol. The molecule has 1 unspecified atom stereocenters. The van der Waals surface area contributed by atoms with Crippen LogP contribution in [-0.4, -0.2) is 27.7 Å². The van der Waals surface area contributed by atoms with Crippen LogP contribution in [0.1, 0.15) is 40.0 Å². The fourth-order valence-electron chi connectivity index (χ4n) is 2.62. The number of rotatable bonds is 4. The topological polar surface area (TPSA) is 40.6 Å². The molecule has 0 aliphatic heterocycles. The quantitative estimate of drug-likeness (QED) is 0.781. The SMILES string of the molecule is C=CN(C(C)=O)C1=C(C)CC(N(C=C)C(C)=O)CC1. The Morgan fingerprint density at radius 3 is 2.21 bits per heavy atom. The number of nitrogens with zero attached hydrogens (tertiary/aromatic N) is 2. The molecule has 1 aliphatic carbocycles. The van der Waals surface area contributed by atoms with Gasteiger partial charge in [0.2, 0.25) is 11.8 Å². The van der Waals surface area contributed by atoms with E-state index in [9.17, 15) is 9.59 Å². The van der Waals surface area contributed by atoms with Crippen molar-refractivity contribution in [1.82, 2.24) is 9.80 Å². The van der Waals surface area contributed by atoms with Gasteiger partial charge in [-0.2, -0.15) is 0 Å². The molecule has 4 heteroatoms. The molecule has 0 aromatic heterocycles. The Hall–Kier alpha value is -1.84. The Bertz CT molecular complexity index is 437. The number of amides is 2. The molecular formula is C15H22N2O2. The third-order valence-corrected chi connectivity index (χ3v) is 3.52. The van der Waals surface area contributed by atoms with Gasteiger partial charge < -0.3 is 4.90 Å². The minimum Gasteiger partial charge on any atom is -0.317 e. The van der Waals surface area contributed by atoms with Crippen molar-refractivity contribution >= 4 is 11.8 Å². The first-order chi connectivity index (χ1) is 8.92. The lowest BCUT2D eigenvalue weighted by atomic mass is 9.91. The molecule has 0 N–H and O–H groups in total. The van der Waals surface area contributed by atoms with Crippen molar-refractivity contribution in [3.63, 3.8) is 0 Å². The maximum absolute atomic E-state index is 11.5. The first-order valence-corrected chi connectivity index (χ1v) is 6.44. The van der Waals surface area contributed by atoms with Crippen LogP contribution in [0.25, 0.3) is 0 Å². The van der Waals surface area contributed by atoms with Crippen molar-refractivity contribution in [1.29, 1.82) is 0 Å². The third kappa shape index (κ3) is 3.34. The van der Waals surface area contributed by atoms with Crippen LogP contribution in [0.3, 0.4) is 0 Å². The summed E-state index contributed by atoms with van der Waals surface area (Å²) in [6, 6.07) is 0.136. The van der Waals surface area contributed by atoms with Gasteiger partial charge in [-0.3, -0.25) is 14.5 Å². The molecule has 0 aromatic rings. The van der Waals surface area contributed by atoms with Gasteiger partial charge in [0.15, 0.2) is 0 Å². The molecule has 1 rings (SSSR count). The van der Waals surface area contributed by atoms with E-state index in [1.54, 1.807) is 29.1 Å². The van der Waals surface area contributed by atoms with E-state index in [1.807, 2.05) is 6.92 Å². The van der Waals surface area contributed by atoms with E-state index in [1.165, 1.54) is 6.92 Å². The lowest BCUT2D eigenvalue weighted by Crippen LogP contribution is -2.38. The lowest BCUT2D eigenvalue weighted by molar-refractivity contribution is -0.129. The minimum atomic E-state index is -0.0325. The molecule has 0 radical (unpaired) electrons. The summed E-state index contributed by atoms with van der Waals surface area (Å²) in [6.07, 6.45) is 5.49. The molecule has 0 spiro atoms. The summed E-state index contributed by atoms with van der Waals surface area (Å²) in [5.41, 5.74) is 2.13. The normalized spacial score (nSPS) is 18.8. The van der Waals surface area contributed by atoms with Gasteiger partial charge in [0.05, 0.1) is 0 Å². The molecule has 1 aliphatic rings. The van der Waals surface area contributed by atoms with E-state index in [-0.39, 0.29) is 17.9 Å². The second-order valence-electron chi connectivity index (χ2n) is 4.80. The summed E-state index contributed by atoms with van der Waals surface area (Å²) < 4.78 is 0. The summed E-state index contributed by atoms with van der Waals surface area (Å²) in [6.45, 7) is 12.4. The zero-order valence-corrected chi connectivity index (χ0v) is 12.0. The number of allylic oxidation sites excluding steroid dienone is 1. The van der Waals surface area contributed by atoms with Gasteiger partial charge in [-0.05, 0) is 32.4 Å². The monoisotopic (exact) mass is 262 g/mol. The van der Waals surface area contributed by atoms with Gasteiger partial charge in [-0.15, -0.1) is 0 Å². The molecule has 2 amide bonds. The predicted octanol–water partition coefficient (Wildman–Crippen LogP) is 2.80. The molecule has 0 aromatic carbocycles. The van der Waals surface area contributed by atoms with E-state index < -0.39 is 0 Å². The summed E-state index contributed by atoms with van der Waals surface area (Å²) in [7, 11) is 0. The second-order valence-corrected chi connectivity index (χ2v) is 4.80. The van der Waals surface area contributed by atoms with Crippen LogP contribution in [0.4, 0.5) is 0 Å². The van der Waals surface area contributed by atoms with E-state index in [0.29, 0.717) is 0 Å². The number of hydrogen-bond acceptors (Lipinski definition) is 2. The van der Waals surface area contributed by atoms with E-state index >= 15 is 0 Å². The molecule has 4 nitrogen and oxygen atoms in total. The number of carbonyl (C=O) groups excluding carboxylic acids is 2. The maximum atomic E-state index is 11.5. The van der Waals surface area contributed by atoms with Crippen LogP contribution in [-0.2, 0) is 9.59 Å². The van der Waals surface area contributed by atoms with Crippen LogP contribution < -0.4 is 0 Å². The molecule has 0 saturated carbocycles. The Labute approximate surface area is 115 Å². The van der Waals surface area contributed by atoms with Crippen LogP contribution in [0.15, 0.2) is 36.8 Å². The smallest absolute Gasteiger partial charge is 0.227 e. The van der Waals surface area contributed by atoms with Crippen LogP contribution in [0.5, 0.6) is 0 Å². The standard InChI is InChI=1S/C15H22N2O2/c1-6-16(12(4)18)14-8-9-15(11(3)10-14)17(7-2)13(5)19/h6-7,14H,1-2,8-10H2,3-5H3. The lowest BCUT2D eigenvalue weighted by Gasteiger charge is -2.35. The van der Waals surface area contributed by atoms with Crippen molar-refractivity contribution in [3.8, 4) is 0 Å². The van der Waals surface area contributed by atoms with Gasteiger partial charge in [0, 0.05) is 31.8 Å². The van der Waals surface area contributed by atoms with Crippen molar-refractivity contribution in [2.24, 2.45) is 0 Å². The average molecular weight is 262 g/mol. The maximum Gasteiger partial charge on any atom is 0.227 e. The zero-order chi connectivity index (χ0) is 14.6. The highest BCUT2D eigenvalue weighted by Crippen LogP contribution is 2.30. The molecular weight excluding hydrogens is 240 g/mol. The van der Waals surface area contributed by atoms with Gasteiger partial charge in [0.25, 0.3) is 0 Å². The second kappa shape index (κ2) is 6.36. The Morgan fingerprint density at radius 2 is 1.84 bits per heavy atom. The largest absolute Gasteiger partial charge is 0.317 e. The van der Waals surface area contributed by atoms with Gasteiger partial charge in [0.1, 0.15) is 0 Å². The first kappa shape index (κ1) is 15.2. The highest BCUT2D eigenvalue weighted by Gasteiger charge is 2.27. The van der Waals surface area contributed by atoms with Crippen LogP contribution in [0, 0.1) is 0 Å². The van der Waals surface area contributed by atoms with Gasteiger partial charge in [-0.25, -0.2) is 0 Å². The van der Waals surface area contributed by atoms with Crippen LogP contribution in [0.2, 0.25) is 0 Å². The molecule has 0 fully saturated rings. The van der Waals surface area contributed by atoms with Crippen molar-refractivity contribution < 1.29 is 9.59 Å². The highest BCUT2D eigenvalue weighted by molar-refractivity contribution is 5.77. The zero-order valence-electron chi connectivity index (χ0n) is 12.0. The molecule has 0 bridgehead atoms. The number of carbonyl (C=O) groups is 2. The fraction of sp³-hybridized carbons (Fsp3) is 0.467. The first-order valence-electron chi connectivity index (χ1n) is 6.44. The van der Waals surface area contributed by atoms with Crippen molar-refractivity contribution in [2.75, 3.05) is 0 Å². The van der Waals surface area contributed by atoms with E-state index in [2.05, 4.69) is 13.2 Å². The van der Waals surface area contributed by atoms with Gasteiger partial charge in [-0.1, -0.05) is 18.7 Å². The molecule has 1 atom stereocenters. The molecule has 19 heavy (non-hydrogen) atoms. The minimum absolute atomic E-state index is 0.00314. The van der Waals surface area contributed by atoms with Crippen molar-refractivity contribution in [2.45, 2.75) is 46.1 Å². The Kier molecular flexibility index (Phi) is 5.10. The molecule has 0 heterocycles. The summed E-state index contributed by atoms with van der Waals surface area (Å²) in [5.74, 6) is -0.0293. The highest BCUT2D eigenvalue weighted by atomic mass is 16.2. The van der Waals surface area contributed by atoms with E-state index in [0.717, 1.165) is 30.5 Å². The summed E-state index contributed by atoms with van der Waals surface area (Å²) in [4.78, 5) is 26.3. The molecule has 0 saturated heterocycles. The Morgan fingerprint density at radius 1 is 1.21 bits per heavy atom. The fourth-order valence-corrected chi connectivity index (χ4v) is 2.62. The summed E-state index contributed by atoms with van der Waals surface area (Å²) >= 11 is 0. The third-order valence-electron chi connectivity index (χ3n) is 3.52. The van der Waals surface area contributed by atoms with Crippen LogP contribution >= 0.6 is 0 Å². The van der Waals surface area contributed by atoms with Gasteiger partial charge >= 0.3 is 0 Å². The Balaban J connectivity index is 2.93. The average Bonchev–Trinajstić information content (AvgIpc) is 2.32. The number of hydrogen-bond donors (Lipinski definition) is 0. The van der Waals surface area contributed by atoms with E-state index in [4.69, 9.17) is 0 Å². The summed E-state index contributed by atoms with van der Waals surface area (Å²) in [5, 5.41) is 0. The molecule has 104 valence electrons.